The molecular weight excluding hydrogens is 256 g/mol. The van der Waals surface area contributed by atoms with E-state index in [0.29, 0.717) is 18.0 Å². The molecule has 0 aromatic heterocycles. The third-order valence-electron chi connectivity index (χ3n) is 2.94. The highest BCUT2D eigenvalue weighted by Gasteiger charge is 2.23. The molecule has 0 radical (unpaired) electrons. The van der Waals surface area contributed by atoms with E-state index in [1.54, 1.807) is 21.0 Å². The van der Waals surface area contributed by atoms with Crippen molar-refractivity contribution < 1.29 is 14.3 Å². The van der Waals surface area contributed by atoms with Gasteiger partial charge in [-0.3, -0.25) is 10.1 Å². The Morgan fingerprint density at radius 2 is 2.00 bits per heavy atom. The second-order valence-electron chi connectivity index (χ2n) is 5.49. The van der Waals surface area contributed by atoms with Gasteiger partial charge < -0.3 is 15.2 Å². The van der Waals surface area contributed by atoms with Crippen LogP contribution in [-0.4, -0.2) is 24.7 Å². The number of ether oxygens (including phenoxy) is 2. The molecule has 0 aliphatic carbocycles. The zero-order chi connectivity index (χ0) is 15.3. The van der Waals surface area contributed by atoms with Gasteiger partial charge in [0.25, 0.3) is 0 Å². The van der Waals surface area contributed by atoms with Crippen LogP contribution in [-0.2, 0) is 11.3 Å². The minimum Gasteiger partial charge on any atom is -0.493 e. The Labute approximate surface area is 120 Å². The number of hydrogen-bond donors (Lipinski definition) is 2. The third-order valence-corrected chi connectivity index (χ3v) is 2.94. The molecule has 0 unspecified atom stereocenters. The molecule has 1 rings (SSSR count). The molecule has 0 bridgehead atoms. The second kappa shape index (κ2) is 6.61. The lowest BCUT2D eigenvalue weighted by molar-refractivity contribution is -0.123. The molecule has 0 aliphatic heterocycles. The van der Waals surface area contributed by atoms with Gasteiger partial charge in [0.2, 0.25) is 5.91 Å². The molecule has 1 aromatic carbocycles. The smallest absolute Gasteiger partial charge is 0.237 e. The van der Waals surface area contributed by atoms with E-state index >= 15 is 0 Å². The highest BCUT2D eigenvalue weighted by molar-refractivity contribution is 5.83. The summed E-state index contributed by atoms with van der Waals surface area (Å²) < 4.78 is 11.0. The summed E-state index contributed by atoms with van der Waals surface area (Å²) in [6, 6.07) is 5.69. The van der Waals surface area contributed by atoms with Crippen LogP contribution >= 0.6 is 0 Å². The van der Waals surface area contributed by atoms with Gasteiger partial charge in [-0.2, -0.15) is 0 Å². The number of amides is 1. The minimum atomic E-state index is -0.750. The Hall–Kier alpha value is -1.75. The molecule has 0 aliphatic rings. The fraction of sp³-hybridized carbons (Fsp3) is 0.533. The van der Waals surface area contributed by atoms with Crippen LogP contribution in [0.5, 0.6) is 11.5 Å². The molecule has 1 amide bonds. The van der Waals surface area contributed by atoms with E-state index in [-0.39, 0.29) is 12.0 Å². The van der Waals surface area contributed by atoms with Crippen molar-refractivity contribution in [2.45, 2.75) is 45.9 Å². The Morgan fingerprint density at radius 3 is 2.50 bits per heavy atom. The summed E-state index contributed by atoms with van der Waals surface area (Å²) in [5.74, 6) is 1.000. The Kier molecular flexibility index (Phi) is 5.39. The molecule has 1 aromatic rings. The SMILES string of the molecule is COc1cc(CNC(C)(C)C(N)=O)ccc1OC(C)C. The number of carbonyl (C=O) groups excluding carboxylic acids is 1. The van der Waals surface area contributed by atoms with E-state index in [1.165, 1.54) is 0 Å². The van der Waals surface area contributed by atoms with Gasteiger partial charge in [0.1, 0.15) is 0 Å². The lowest BCUT2D eigenvalue weighted by Crippen LogP contribution is -2.50. The number of nitrogens with one attached hydrogen (secondary N) is 1. The molecule has 112 valence electrons. The summed E-state index contributed by atoms with van der Waals surface area (Å²) in [7, 11) is 1.60. The van der Waals surface area contributed by atoms with E-state index in [2.05, 4.69) is 5.32 Å². The number of rotatable bonds is 7. The van der Waals surface area contributed by atoms with Gasteiger partial charge in [0.05, 0.1) is 18.8 Å². The van der Waals surface area contributed by atoms with Gasteiger partial charge >= 0.3 is 0 Å². The first-order valence-corrected chi connectivity index (χ1v) is 6.64. The summed E-state index contributed by atoms with van der Waals surface area (Å²) in [5, 5.41) is 3.12. The maximum Gasteiger partial charge on any atom is 0.237 e. The lowest BCUT2D eigenvalue weighted by Gasteiger charge is -2.22. The van der Waals surface area contributed by atoms with Crippen LogP contribution in [0.3, 0.4) is 0 Å². The van der Waals surface area contributed by atoms with Crippen molar-refractivity contribution in [1.29, 1.82) is 0 Å². The molecule has 5 heteroatoms. The Bertz CT molecular complexity index is 470. The van der Waals surface area contributed by atoms with Crippen molar-refractivity contribution in [1.82, 2.24) is 5.32 Å². The van der Waals surface area contributed by atoms with E-state index < -0.39 is 5.54 Å². The third kappa shape index (κ3) is 4.42. The molecule has 0 heterocycles. The Balaban J connectivity index is 2.80. The molecule has 3 N–H and O–H groups in total. The first kappa shape index (κ1) is 16.3. The van der Waals surface area contributed by atoms with Crippen molar-refractivity contribution in [3.8, 4) is 11.5 Å². The molecule has 0 saturated heterocycles. The van der Waals surface area contributed by atoms with Crippen LogP contribution in [0.25, 0.3) is 0 Å². The summed E-state index contributed by atoms with van der Waals surface area (Å²) in [5.41, 5.74) is 5.57. The van der Waals surface area contributed by atoms with Gasteiger partial charge in [0, 0.05) is 6.54 Å². The normalized spacial score (nSPS) is 11.5. The van der Waals surface area contributed by atoms with Crippen LogP contribution in [0.4, 0.5) is 0 Å². The van der Waals surface area contributed by atoms with Gasteiger partial charge in [-0.1, -0.05) is 6.07 Å². The lowest BCUT2D eigenvalue weighted by atomic mass is 10.0. The zero-order valence-corrected chi connectivity index (χ0v) is 12.8. The quantitative estimate of drug-likeness (QED) is 0.799. The van der Waals surface area contributed by atoms with E-state index in [1.807, 2.05) is 32.0 Å². The summed E-state index contributed by atoms with van der Waals surface area (Å²) >= 11 is 0. The predicted octanol–water partition coefficient (Wildman–Crippen LogP) is 1.84. The summed E-state index contributed by atoms with van der Waals surface area (Å²) in [4.78, 5) is 11.3. The topological polar surface area (TPSA) is 73.6 Å². The van der Waals surface area contributed by atoms with Crippen LogP contribution < -0.4 is 20.5 Å². The fourth-order valence-corrected chi connectivity index (χ4v) is 1.58. The number of nitrogens with two attached hydrogens (primary N) is 1. The van der Waals surface area contributed by atoms with Crippen molar-refractivity contribution in [3.05, 3.63) is 23.8 Å². The average molecular weight is 280 g/mol. The van der Waals surface area contributed by atoms with Crippen molar-refractivity contribution in [3.63, 3.8) is 0 Å². The second-order valence-corrected chi connectivity index (χ2v) is 5.49. The number of benzene rings is 1. The molecule has 20 heavy (non-hydrogen) atoms. The van der Waals surface area contributed by atoms with Gasteiger partial charge in [-0.05, 0) is 45.4 Å². The van der Waals surface area contributed by atoms with Gasteiger partial charge in [-0.25, -0.2) is 0 Å². The number of hydrogen-bond acceptors (Lipinski definition) is 4. The first-order chi connectivity index (χ1) is 9.26. The maximum atomic E-state index is 11.3. The van der Waals surface area contributed by atoms with E-state index in [9.17, 15) is 4.79 Å². The number of methoxy groups -OCH3 is 1. The standard InChI is InChI=1S/C15H24N2O3/c1-10(2)20-12-7-6-11(8-13(12)19-5)9-17-15(3,4)14(16)18/h6-8,10,17H,9H2,1-5H3,(H2,16,18). The zero-order valence-electron chi connectivity index (χ0n) is 12.8. The van der Waals surface area contributed by atoms with Crippen molar-refractivity contribution >= 4 is 5.91 Å². The Morgan fingerprint density at radius 1 is 1.35 bits per heavy atom. The number of primary amides is 1. The highest BCUT2D eigenvalue weighted by atomic mass is 16.5. The average Bonchev–Trinajstić information content (AvgIpc) is 2.36. The van der Waals surface area contributed by atoms with Crippen LogP contribution in [0.1, 0.15) is 33.3 Å². The monoisotopic (exact) mass is 280 g/mol. The predicted molar refractivity (Wildman–Crippen MR) is 78.9 cm³/mol. The molecule has 0 saturated carbocycles. The molecule has 0 spiro atoms. The first-order valence-electron chi connectivity index (χ1n) is 6.64. The summed E-state index contributed by atoms with van der Waals surface area (Å²) in [6.45, 7) is 7.95. The van der Waals surface area contributed by atoms with Gasteiger partial charge in [0.15, 0.2) is 11.5 Å². The fourth-order valence-electron chi connectivity index (χ4n) is 1.58. The van der Waals surface area contributed by atoms with Crippen molar-refractivity contribution in [2.24, 2.45) is 5.73 Å². The van der Waals surface area contributed by atoms with Crippen LogP contribution in [0.2, 0.25) is 0 Å². The van der Waals surface area contributed by atoms with Gasteiger partial charge in [-0.15, -0.1) is 0 Å². The number of carbonyl (C=O) groups is 1. The summed E-state index contributed by atoms with van der Waals surface area (Å²) in [6.07, 6.45) is 0.0849. The van der Waals surface area contributed by atoms with Crippen LogP contribution in [0, 0.1) is 0 Å². The molecule has 0 fully saturated rings. The largest absolute Gasteiger partial charge is 0.493 e. The molecular formula is C15H24N2O3. The molecule has 5 nitrogen and oxygen atoms in total. The highest BCUT2D eigenvalue weighted by Crippen LogP contribution is 2.29. The van der Waals surface area contributed by atoms with Crippen LogP contribution in [0.15, 0.2) is 18.2 Å². The van der Waals surface area contributed by atoms with Crippen molar-refractivity contribution in [2.75, 3.05) is 7.11 Å². The maximum absolute atomic E-state index is 11.3. The van der Waals surface area contributed by atoms with E-state index in [0.717, 1.165) is 5.56 Å². The minimum absolute atomic E-state index is 0.0849. The van der Waals surface area contributed by atoms with E-state index in [4.69, 9.17) is 15.2 Å². The molecule has 0 atom stereocenters.